The maximum Gasteiger partial charge on any atom is 0.340 e. The first-order chi connectivity index (χ1) is 9.29. The van der Waals surface area contributed by atoms with Gasteiger partial charge in [0.15, 0.2) is 0 Å². The summed E-state index contributed by atoms with van der Waals surface area (Å²) in [7, 11) is 1.34. The fourth-order valence-electron chi connectivity index (χ4n) is 2.07. The summed E-state index contributed by atoms with van der Waals surface area (Å²) in [5.41, 5.74) is -0.00725. The fourth-order valence-corrected chi connectivity index (χ4v) is 3.66. The van der Waals surface area contributed by atoms with Crippen molar-refractivity contribution < 1.29 is 17.9 Å². The molecular formula is C12H11BrCl2O4S. The van der Waals surface area contributed by atoms with Crippen LogP contribution < -0.4 is 0 Å². The number of rotatable bonds is 3. The van der Waals surface area contributed by atoms with Gasteiger partial charge in [-0.05, 0) is 53.7 Å². The summed E-state index contributed by atoms with van der Waals surface area (Å²) in [5.74, 6) is -0.634. The number of hydrogen-bond acceptors (Lipinski definition) is 4. The predicted molar refractivity (Wildman–Crippen MR) is 79.9 cm³/mol. The smallest absolute Gasteiger partial charge is 0.340 e. The van der Waals surface area contributed by atoms with E-state index in [-0.39, 0.29) is 26.1 Å². The molecule has 0 amide bonds. The molecule has 1 aromatic rings. The third-order valence-corrected chi connectivity index (χ3v) is 5.67. The number of benzene rings is 1. The summed E-state index contributed by atoms with van der Waals surface area (Å²) in [4.78, 5) is 11.9. The normalized spacial score (nSPS) is 16.4. The molecule has 0 spiro atoms. The molecule has 1 fully saturated rings. The highest BCUT2D eigenvalue weighted by atomic mass is 79.9. The van der Waals surface area contributed by atoms with Crippen LogP contribution in [-0.2, 0) is 13.8 Å². The minimum absolute atomic E-state index is 0.00725. The molecule has 1 aliphatic rings. The van der Waals surface area contributed by atoms with Crippen molar-refractivity contribution in [2.45, 2.75) is 36.7 Å². The van der Waals surface area contributed by atoms with Crippen molar-refractivity contribution in [2.24, 2.45) is 0 Å². The van der Waals surface area contributed by atoms with Crippen LogP contribution in [0, 0.1) is 0 Å². The lowest BCUT2D eigenvalue weighted by molar-refractivity contribution is 0.0317. The van der Waals surface area contributed by atoms with Crippen LogP contribution in [-0.4, -0.2) is 20.5 Å². The van der Waals surface area contributed by atoms with Gasteiger partial charge in [-0.15, -0.1) is 0 Å². The minimum atomic E-state index is -3.95. The lowest BCUT2D eigenvalue weighted by Crippen LogP contribution is -2.15. The second-order valence-electron chi connectivity index (χ2n) is 4.52. The molecule has 0 unspecified atom stereocenters. The maximum atomic E-state index is 12.1. The summed E-state index contributed by atoms with van der Waals surface area (Å²) in [6.07, 6.45) is 3.54. The van der Waals surface area contributed by atoms with E-state index in [0.717, 1.165) is 31.7 Å². The summed E-state index contributed by atoms with van der Waals surface area (Å²) in [5, 5.41) is 0.108. The van der Waals surface area contributed by atoms with Gasteiger partial charge in [0.25, 0.3) is 9.05 Å². The summed E-state index contributed by atoms with van der Waals surface area (Å²) < 4.78 is 28.3. The van der Waals surface area contributed by atoms with Gasteiger partial charge in [0.1, 0.15) is 6.10 Å². The highest BCUT2D eigenvalue weighted by Gasteiger charge is 2.24. The van der Waals surface area contributed by atoms with Crippen LogP contribution in [0.4, 0.5) is 0 Å². The Bertz CT molecular complexity index is 639. The SMILES string of the molecule is O=C(OC1CCCC1)c1cc(S(=O)(=O)Cl)cc(Br)c1Cl. The molecule has 2 rings (SSSR count). The van der Waals surface area contributed by atoms with Crippen LogP contribution >= 0.6 is 38.2 Å². The number of carbonyl (C=O) groups excluding carboxylic acids is 1. The zero-order valence-corrected chi connectivity index (χ0v) is 14.1. The van der Waals surface area contributed by atoms with E-state index in [2.05, 4.69) is 15.9 Å². The Morgan fingerprint density at radius 3 is 2.45 bits per heavy atom. The Hall–Kier alpha value is -0.300. The Labute approximate surface area is 134 Å². The van der Waals surface area contributed by atoms with Crippen LogP contribution in [0.2, 0.25) is 5.02 Å². The molecule has 110 valence electrons. The zero-order chi connectivity index (χ0) is 14.9. The Balaban J connectivity index is 2.34. The molecule has 0 bridgehead atoms. The molecule has 1 aliphatic carbocycles. The summed E-state index contributed by atoms with van der Waals surface area (Å²) in [6.45, 7) is 0. The van der Waals surface area contributed by atoms with Crippen molar-refractivity contribution in [3.05, 3.63) is 27.2 Å². The average molecular weight is 402 g/mol. The van der Waals surface area contributed by atoms with Crippen molar-refractivity contribution in [2.75, 3.05) is 0 Å². The van der Waals surface area contributed by atoms with Crippen LogP contribution in [0.15, 0.2) is 21.5 Å². The summed E-state index contributed by atoms with van der Waals surface area (Å²) >= 11 is 9.12. The molecule has 8 heteroatoms. The largest absolute Gasteiger partial charge is 0.459 e. The van der Waals surface area contributed by atoms with Crippen LogP contribution in [0.5, 0.6) is 0 Å². The molecule has 0 aliphatic heterocycles. The van der Waals surface area contributed by atoms with Gasteiger partial charge in [-0.25, -0.2) is 13.2 Å². The third kappa shape index (κ3) is 3.67. The van der Waals surface area contributed by atoms with E-state index >= 15 is 0 Å². The van der Waals surface area contributed by atoms with Gasteiger partial charge in [-0.1, -0.05) is 11.6 Å². The molecule has 1 saturated carbocycles. The van der Waals surface area contributed by atoms with Crippen LogP contribution in [0.3, 0.4) is 0 Å². The number of halogens is 3. The molecule has 0 heterocycles. The molecule has 20 heavy (non-hydrogen) atoms. The van der Waals surface area contributed by atoms with Gasteiger partial charge < -0.3 is 4.74 Å². The third-order valence-electron chi connectivity index (χ3n) is 3.08. The number of carbonyl (C=O) groups is 1. The van der Waals surface area contributed by atoms with E-state index in [4.69, 9.17) is 27.0 Å². The topological polar surface area (TPSA) is 60.4 Å². The van der Waals surface area contributed by atoms with Gasteiger partial charge >= 0.3 is 5.97 Å². The monoisotopic (exact) mass is 400 g/mol. The van der Waals surface area contributed by atoms with Crippen molar-refractivity contribution in [1.82, 2.24) is 0 Å². The molecule has 0 aromatic heterocycles. The molecular weight excluding hydrogens is 391 g/mol. The summed E-state index contributed by atoms with van der Waals surface area (Å²) in [6, 6.07) is 2.38. The van der Waals surface area contributed by atoms with Gasteiger partial charge in [-0.2, -0.15) is 0 Å². The fraction of sp³-hybridized carbons (Fsp3) is 0.417. The molecule has 4 nitrogen and oxygen atoms in total. The lowest BCUT2D eigenvalue weighted by Gasteiger charge is -2.13. The quantitative estimate of drug-likeness (QED) is 0.564. The van der Waals surface area contributed by atoms with E-state index < -0.39 is 15.0 Å². The maximum absolute atomic E-state index is 12.1. The molecule has 0 saturated heterocycles. The molecule has 0 radical (unpaired) electrons. The number of ether oxygens (including phenoxy) is 1. The first-order valence-electron chi connectivity index (χ1n) is 5.93. The van der Waals surface area contributed by atoms with Gasteiger partial charge in [0.2, 0.25) is 0 Å². The van der Waals surface area contributed by atoms with Gasteiger partial charge in [-0.3, -0.25) is 0 Å². The Morgan fingerprint density at radius 1 is 1.30 bits per heavy atom. The second kappa shape index (κ2) is 6.22. The van der Waals surface area contributed by atoms with Crippen molar-refractivity contribution >= 4 is 53.2 Å². The Kier molecular flexibility index (Phi) is 5.00. The van der Waals surface area contributed by atoms with E-state index in [1.165, 1.54) is 6.07 Å². The van der Waals surface area contributed by atoms with E-state index in [1.54, 1.807) is 0 Å². The van der Waals surface area contributed by atoms with Crippen LogP contribution in [0.1, 0.15) is 36.0 Å². The molecule has 0 N–H and O–H groups in total. The highest BCUT2D eigenvalue weighted by molar-refractivity contribution is 9.10. The van der Waals surface area contributed by atoms with E-state index in [9.17, 15) is 13.2 Å². The lowest BCUT2D eigenvalue weighted by atomic mass is 10.2. The average Bonchev–Trinajstić information content (AvgIpc) is 2.83. The van der Waals surface area contributed by atoms with Crippen molar-refractivity contribution in [1.29, 1.82) is 0 Å². The standard InChI is InChI=1S/C12H11BrCl2O4S/c13-10-6-8(20(15,17)18)5-9(11(10)14)12(16)19-7-3-1-2-4-7/h5-7H,1-4H2. The van der Waals surface area contributed by atoms with E-state index in [1.807, 2.05) is 0 Å². The second-order valence-corrected chi connectivity index (χ2v) is 8.31. The van der Waals surface area contributed by atoms with E-state index in [0.29, 0.717) is 0 Å². The highest BCUT2D eigenvalue weighted by Crippen LogP contribution is 2.32. The number of esters is 1. The zero-order valence-electron chi connectivity index (χ0n) is 10.2. The minimum Gasteiger partial charge on any atom is -0.459 e. The first-order valence-corrected chi connectivity index (χ1v) is 9.42. The number of hydrogen-bond donors (Lipinski definition) is 0. The van der Waals surface area contributed by atoms with Gasteiger partial charge in [0.05, 0.1) is 15.5 Å². The predicted octanol–water partition coefficient (Wildman–Crippen LogP) is 4.13. The first kappa shape index (κ1) is 16.1. The van der Waals surface area contributed by atoms with Crippen molar-refractivity contribution in [3.8, 4) is 0 Å². The van der Waals surface area contributed by atoms with Crippen LogP contribution in [0.25, 0.3) is 0 Å². The Morgan fingerprint density at radius 2 is 1.90 bits per heavy atom. The molecule has 1 aromatic carbocycles. The van der Waals surface area contributed by atoms with Gasteiger partial charge in [0, 0.05) is 15.2 Å². The van der Waals surface area contributed by atoms with Crippen molar-refractivity contribution in [3.63, 3.8) is 0 Å². The molecule has 0 atom stereocenters.